The molecule has 6 nitrogen and oxygen atoms in total. The minimum absolute atomic E-state index is 0.261. The van der Waals surface area contributed by atoms with Gasteiger partial charge in [-0.1, -0.05) is 12.1 Å². The second-order valence-corrected chi connectivity index (χ2v) is 6.34. The molecule has 20 heavy (non-hydrogen) atoms. The number of ether oxygens (including phenoxy) is 2. The SMILES string of the molecule is CCOP(=O)(OCC)[C@@H](N)c1cccc2c1OCCO2. The summed E-state index contributed by atoms with van der Waals surface area (Å²) >= 11 is 0. The fourth-order valence-corrected chi connectivity index (χ4v) is 3.72. The maximum absolute atomic E-state index is 12.7. The van der Waals surface area contributed by atoms with E-state index in [2.05, 4.69) is 0 Å². The van der Waals surface area contributed by atoms with Gasteiger partial charge in [0.1, 0.15) is 19.0 Å². The van der Waals surface area contributed by atoms with Crippen LogP contribution in [0.3, 0.4) is 0 Å². The van der Waals surface area contributed by atoms with Crippen molar-refractivity contribution in [3.8, 4) is 11.5 Å². The van der Waals surface area contributed by atoms with Gasteiger partial charge in [-0.15, -0.1) is 0 Å². The summed E-state index contributed by atoms with van der Waals surface area (Å²) in [6, 6.07) is 5.32. The number of hydrogen-bond donors (Lipinski definition) is 1. The zero-order chi connectivity index (χ0) is 14.6. The molecular formula is C13H20NO5P. The van der Waals surface area contributed by atoms with Gasteiger partial charge in [0, 0.05) is 5.56 Å². The summed E-state index contributed by atoms with van der Waals surface area (Å²) in [5.41, 5.74) is 6.70. The fraction of sp³-hybridized carbons (Fsp3) is 0.538. The Hall–Kier alpha value is -1.07. The van der Waals surface area contributed by atoms with Crippen molar-refractivity contribution in [2.75, 3.05) is 26.4 Å². The molecule has 2 rings (SSSR count). The highest BCUT2D eigenvalue weighted by atomic mass is 31.2. The van der Waals surface area contributed by atoms with E-state index < -0.39 is 13.4 Å². The van der Waals surface area contributed by atoms with E-state index in [4.69, 9.17) is 24.3 Å². The maximum atomic E-state index is 12.7. The van der Waals surface area contributed by atoms with Gasteiger partial charge in [-0.05, 0) is 19.9 Å². The zero-order valence-corrected chi connectivity index (χ0v) is 12.6. The number of nitrogens with two attached hydrogens (primary N) is 1. The van der Waals surface area contributed by atoms with Gasteiger partial charge in [0.05, 0.1) is 13.2 Å². The molecule has 0 radical (unpaired) electrons. The van der Waals surface area contributed by atoms with Crippen molar-refractivity contribution >= 4 is 7.60 Å². The first-order valence-electron chi connectivity index (χ1n) is 6.65. The first-order valence-corrected chi connectivity index (χ1v) is 8.26. The highest BCUT2D eigenvalue weighted by molar-refractivity contribution is 7.54. The van der Waals surface area contributed by atoms with Crippen molar-refractivity contribution in [3.05, 3.63) is 23.8 Å². The number of hydrogen-bond acceptors (Lipinski definition) is 6. The van der Waals surface area contributed by atoms with Gasteiger partial charge in [0.2, 0.25) is 0 Å². The highest BCUT2D eigenvalue weighted by Gasteiger charge is 2.36. The van der Waals surface area contributed by atoms with Crippen molar-refractivity contribution in [3.63, 3.8) is 0 Å². The van der Waals surface area contributed by atoms with Crippen molar-refractivity contribution in [2.24, 2.45) is 5.73 Å². The molecule has 1 aromatic carbocycles. The molecule has 1 aliphatic heterocycles. The number of benzene rings is 1. The van der Waals surface area contributed by atoms with Crippen molar-refractivity contribution in [1.29, 1.82) is 0 Å². The molecule has 0 aromatic heterocycles. The second-order valence-electron chi connectivity index (χ2n) is 4.19. The molecular weight excluding hydrogens is 281 g/mol. The molecule has 0 saturated heterocycles. The monoisotopic (exact) mass is 301 g/mol. The molecule has 0 fully saturated rings. The Balaban J connectivity index is 2.36. The van der Waals surface area contributed by atoms with E-state index in [1.165, 1.54) is 0 Å². The Labute approximate surface area is 118 Å². The number of rotatable bonds is 6. The smallest absolute Gasteiger partial charge is 0.351 e. The van der Waals surface area contributed by atoms with Gasteiger partial charge in [0.25, 0.3) is 0 Å². The van der Waals surface area contributed by atoms with Crippen LogP contribution in [0.15, 0.2) is 18.2 Å². The minimum Gasteiger partial charge on any atom is -0.486 e. The minimum atomic E-state index is -3.44. The van der Waals surface area contributed by atoms with Crippen molar-refractivity contribution in [1.82, 2.24) is 0 Å². The van der Waals surface area contributed by atoms with Gasteiger partial charge < -0.3 is 24.3 Å². The molecule has 0 amide bonds. The van der Waals surface area contributed by atoms with E-state index in [1.807, 2.05) is 0 Å². The van der Waals surface area contributed by atoms with Crippen LogP contribution in [0, 0.1) is 0 Å². The number of para-hydroxylation sites is 1. The lowest BCUT2D eigenvalue weighted by Crippen LogP contribution is -2.20. The van der Waals surface area contributed by atoms with Crippen LogP contribution in [0.4, 0.5) is 0 Å². The number of fused-ring (bicyclic) bond motifs is 1. The van der Waals surface area contributed by atoms with Crippen LogP contribution < -0.4 is 15.2 Å². The van der Waals surface area contributed by atoms with E-state index in [-0.39, 0.29) is 13.2 Å². The third-order valence-electron chi connectivity index (χ3n) is 2.87. The first-order chi connectivity index (χ1) is 9.62. The standard InChI is InChI=1S/C13H20NO5P/c1-3-18-20(15,19-4-2)13(14)10-6-5-7-11-12(10)17-9-8-16-11/h5-7,13H,3-4,8-9,14H2,1-2H3/t13-/m1/s1. The van der Waals surface area contributed by atoms with Crippen molar-refractivity contribution in [2.45, 2.75) is 19.6 Å². The van der Waals surface area contributed by atoms with E-state index in [0.717, 1.165) is 0 Å². The second kappa shape index (κ2) is 6.59. The predicted molar refractivity (Wildman–Crippen MR) is 75.2 cm³/mol. The third-order valence-corrected chi connectivity index (χ3v) is 5.07. The fourth-order valence-electron chi connectivity index (χ4n) is 2.06. The molecule has 0 saturated carbocycles. The average molecular weight is 301 g/mol. The Morgan fingerprint density at radius 3 is 2.55 bits per heavy atom. The van der Waals surface area contributed by atoms with Gasteiger partial charge in [0.15, 0.2) is 11.5 Å². The van der Waals surface area contributed by atoms with Crippen molar-refractivity contribution < 1.29 is 23.1 Å². The summed E-state index contributed by atoms with van der Waals surface area (Å²) in [5.74, 6) is 0.216. The van der Waals surface area contributed by atoms with E-state index in [9.17, 15) is 4.57 Å². The molecule has 112 valence electrons. The molecule has 7 heteroatoms. The lowest BCUT2D eigenvalue weighted by molar-refractivity contribution is 0.168. The summed E-state index contributed by atoms with van der Waals surface area (Å²) in [7, 11) is -3.44. The third kappa shape index (κ3) is 2.99. The molecule has 1 aromatic rings. The van der Waals surface area contributed by atoms with Crippen LogP contribution in [0.2, 0.25) is 0 Å². The molecule has 1 atom stereocenters. The molecule has 0 unspecified atom stereocenters. The first kappa shape index (κ1) is 15.3. The van der Waals surface area contributed by atoms with Crippen LogP contribution in [-0.4, -0.2) is 26.4 Å². The lowest BCUT2D eigenvalue weighted by atomic mass is 10.2. The topological polar surface area (TPSA) is 80.0 Å². The molecule has 2 N–H and O–H groups in total. The molecule has 1 aliphatic rings. The van der Waals surface area contributed by atoms with E-state index >= 15 is 0 Å². The Bertz CT molecular complexity index is 498. The van der Waals surface area contributed by atoms with Gasteiger partial charge >= 0.3 is 7.60 Å². The zero-order valence-electron chi connectivity index (χ0n) is 11.7. The summed E-state index contributed by atoms with van der Waals surface area (Å²) in [6.07, 6.45) is 0. The normalized spacial score (nSPS) is 15.9. The Kier molecular flexibility index (Phi) is 5.05. The average Bonchev–Trinajstić information content (AvgIpc) is 2.46. The van der Waals surface area contributed by atoms with Gasteiger partial charge in [-0.25, -0.2) is 0 Å². The molecule has 0 bridgehead atoms. The Morgan fingerprint density at radius 1 is 1.25 bits per heavy atom. The summed E-state index contributed by atoms with van der Waals surface area (Å²) < 4.78 is 34.4. The summed E-state index contributed by atoms with van der Waals surface area (Å²) in [6.45, 7) is 4.94. The van der Waals surface area contributed by atoms with E-state index in [0.29, 0.717) is 30.3 Å². The highest BCUT2D eigenvalue weighted by Crippen LogP contribution is 2.60. The largest absolute Gasteiger partial charge is 0.486 e. The lowest BCUT2D eigenvalue weighted by Gasteiger charge is -2.27. The van der Waals surface area contributed by atoms with Crippen LogP contribution in [0.25, 0.3) is 0 Å². The van der Waals surface area contributed by atoms with Crippen LogP contribution in [0.1, 0.15) is 25.2 Å². The quantitative estimate of drug-likeness (QED) is 0.814. The van der Waals surface area contributed by atoms with Crippen LogP contribution >= 0.6 is 7.60 Å². The van der Waals surface area contributed by atoms with Gasteiger partial charge in [-0.3, -0.25) is 4.57 Å². The summed E-state index contributed by atoms with van der Waals surface area (Å²) in [4.78, 5) is 0. The van der Waals surface area contributed by atoms with Gasteiger partial charge in [-0.2, -0.15) is 0 Å². The molecule has 0 aliphatic carbocycles. The summed E-state index contributed by atoms with van der Waals surface area (Å²) in [5, 5.41) is 0. The predicted octanol–water partition coefficient (Wildman–Crippen LogP) is 2.68. The van der Waals surface area contributed by atoms with Crippen LogP contribution in [0.5, 0.6) is 11.5 Å². The van der Waals surface area contributed by atoms with E-state index in [1.54, 1.807) is 32.0 Å². The Morgan fingerprint density at radius 2 is 1.90 bits per heavy atom. The maximum Gasteiger partial charge on any atom is 0.351 e. The molecule has 0 spiro atoms. The van der Waals surface area contributed by atoms with Crippen LogP contribution in [-0.2, 0) is 13.6 Å². The molecule has 1 heterocycles.